The molecular weight excluding hydrogens is 579 g/mol. The van der Waals surface area contributed by atoms with Gasteiger partial charge in [0.1, 0.15) is 5.03 Å². The number of halogens is 3. The largest absolute Gasteiger partial charge is 0.481 e. The molecule has 1 aliphatic carbocycles. The lowest BCUT2D eigenvalue weighted by atomic mass is 9.87. The molecule has 1 aromatic carbocycles. The Balaban J connectivity index is 1.29. The summed E-state index contributed by atoms with van der Waals surface area (Å²) < 4.78 is 71.1. The quantitative estimate of drug-likeness (QED) is 0.450. The first-order chi connectivity index (χ1) is 19.5. The first-order valence-electron chi connectivity index (χ1n) is 13.7. The van der Waals surface area contributed by atoms with Crippen molar-refractivity contribution in [1.29, 1.82) is 0 Å². The van der Waals surface area contributed by atoms with Crippen LogP contribution < -0.4 is 15.2 Å². The second-order valence-electron chi connectivity index (χ2n) is 10.7. The lowest BCUT2D eigenvalue weighted by molar-refractivity contribution is -0.148. The number of ether oxygens (including phenoxy) is 1. The fraction of sp³-hybridized carbons (Fsp3) is 0.556. The van der Waals surface area contributed by atoms with Crippen molar-refractivity contribution < 1.29 is 31.1 Å². The fourth-order valence-corrected chi connectivity index (χ4v) is 8.07. The molecule has 0 spiro atoms. The molecule has 1 N–H and O–H groups in total. The highest BCUT2D eigenvalue weighted by atomic mass is 32.2. The minimum absolute atomic E-state index is 0.0110. The molecule has 0 radical (unpaired) electrons. The van der Waals surface area contributed by atoms with E-state index >= 15 is 0 Å². The van der Waals surface area contributed by atoms with Crippen LogP contribution in [0.3, 0.4) is 0 Å². The zero-order valence-electron chi connectivity index (χ0n) is 22.8. The Kier molecular flexibility index (Phi) is 9.02. The predicted molar refractivity (Wildman–Crippen MR) is 149 cm³/mol. The number of methoxy groups -OCH3 is 1. The summed E-state index contributed by atoms with van der Waals surface area (Å²) in [6.45, 7) is -1.04. The topological polar surface area (TPSA) is 95.1 Å². The molecule has 9 nitrogen and oxygen atoms in total. The Labute approximate surface area is 242 Å². The molecule has 2 aliphatic heterocycles. The van der Waals surface area contributed by atoms with Crippen LogP contribution in [0, 0.1) is 5.92 Å². The van der Waals surface area contributed by atoms with Gasteiger partial charge in [-0.05, 0) is 36.1 Å². The number of aromatic nitrogens is 1. The third-order valence-electron chi connectivity index (χ3n) is 7.90. The molecule has 1 unspecified atom stereocenters. The van der Waals surface area contributed by atoms with Gasteiger partial charge in [-0.3, -0.25) is 20.1 Å². The van der Waals surface area contributed by atoms with E-state index in [1.165, 1.54) is 33.1 Å². The van der Waals surface area contributed by atoms with Gasteiger partial charge in [-0.15, -0.1) is 0 Å². The maximum atomic E-state index is 13.7. The van der Waals surface area contributed by atoms with E-state index in [1.807, 2.05) is 6.07 Å². The number of thioether (sulfide) groups is 1. The second-order valence-corrected chi connectivity index (χ2v) is 13.5. The van der Waals surface area contributed by atoms with Crippen molar-refractivity contribution >= 4 is 33.4 Å². The van der Waals surface area contributed by atoms with Crippen LogP contribution in [0.2, 0.25) is 0 Å². The first-order valence-corrected chi connectivity index (χ1v) is 16.1. The van der Waals surface area contributed by atoms with Crippen LogP contribution in [0.5, 0.6) is 5.88 Å². The molecule has 5 rings (SSSR count). The van der Waals surface area contributed by atoms with Gasteiger partial charge in [0.05, 0.1) is 36.0 Å². The Bertz CT molecular complexity index is 1330. The van der Waals surface area contributed by atoms with Gasteiger partial charge in [-0.25, -0.2) is 13.4 Å². The SMILES string of the molecule is COc1ccc2c(n1)SCN2NC(=O)C(CC1CCCC1)c1ccc(S(=O)(=O)N2CCN(CC(F)(F)F)CC2)cc1. The van der Waals surface area contributed by atoms with Gasteiger partial charge in [-0.2, -0.15) is 17.5 Å². The third-order valence-corrected chi connectivity index (χ3v) is 10.8. The molecule has 2 aromatic rings. The molecule has 1 saturated carbocycles. The third kappa shape index (κ3) is 7.09. The molecular formula is C27H34F3N5O4S2. The lowest BCUT2D eigenvalue weighted by Gasteiger charge is -2.34. The van der Waals surface area contributed by atoms with Crippen molar-refractivity contribution in [2.45, 2.75) is 54.1 Å². The fourth-order valence-electron chi connectivity index (χ4n) is 5.72. The highest BCUT2D eigenvalue weighted by Crippen LogP contribution is 2.38. The predicted octanol–water partition coefficient (Wildman–Crippen LogP) is 4.22. The highest BCUT2D eigenvalue weighted by molar-refractivity contribution is 7.99. The molecule has 1 atom stereocenters. The van der Waals surface area contributed by atoms with Crippen LogP contribution in [-0.4, -0.2) is 80.4 Å². The van der Waals surface area contributed by atoms with Crippen LogP contribution in [0.25, 0.3) is 0 Å². The Morgan fingerprint density at radius 2 is 1.78 bits per heavy atom. The van der Waals surface area contributed by atoms with Gasteiger partial charge in [0.15, 0.2) is 0 Å². The number of hydrazine groups is 1. The minimum atomic E-state index is -4.32. The zero-order chi connectivity index (χ0) is 29.2. The Morgan fingerprint density at radius 3 is 2.41 bits per heavy atom. The minimum Gasteiger partial charge on any atom is -0.481 e. The second kappa shape index (κ2) is 12.4. The number of hydrogen-bond acceptors (Lipinski definition) is 8. The number of benzene rings is 1. The van der Waals surface area contributed by atoms with Gasteiger partial charge < -0.3 is 4.74 Å². The zero-order valence-corrected chi connectivity index (χ0v) is 24.4. The summed E-state index contributed by atoms with van der Waals surface area (Å²) in [5.41, 5.74) is 4.56. The maximum Gasteiger partial charge on any atom is 0.401 e. The van der Waals surface area contributed by atoms with Gasteiger partial charge in [0.2, 0.25) is 21.8 Å². The number of piperazine rings is 1. The van der Waals surface area contributed by atoms with Crippen LogP contribution in [0.1, 0.15) is 43.6 Å². The number of anilines is 1. The van der Waals surface area contributed by atoms with E-state index in [0.29, 0.717) is 24.1 Å². The summed E-state index contributed by atoms with van der Waals surface area (Å²) in [6.07, 6.45) is 0.727. The molecule has 1 amide bonds. The van der Waals surface area contributed by atoms with Gasteiger partial charge in [0.25, 0.3) is 0 Å². The number of rotatable bonds is 9. The van der Waals surface area contributed by atoms with E-state index in [9.17, 15) is 26.4 Å². The van der Waals surface area contributed by atoms with Crippen molar-refractivity contribution in [2.24, 2.45) is 5.92 Å². The summed E-state index contributed by atoms with van der Waals surface area (Å²) in [5.74, 6) is 0.777. The number of amides is 1. The number of sulfonamides is 1. The summed E-state index contributed by atoms with van der Waals surface area (Å²) in [4.78, 5) is 19.4. The maximum absolute atomic E-state index is 13.7. The number of fused-ring (bicyclic) bond motifs is 1. The van der Waals surface area contributed by atoms with Crippen molar-refractivity contribution in [1.82, 2.24) is 19.6 Å². The number of alkyl halides is 3. The number of hydrogen-bond donors (Lipinski definition) is 1. The van der Waals surface area contributed by atoms with Gasteiger partial charge >= 0.3 is 6.18 Å². The average molecular weight is 614 g/mol. The van der Waals surface area contributed by atoms with Crippen molar-refractivity contribution in [3.05, 3.63) is 42.0 Å². The number of nitrogens with one attached hydrogen (secondary N) is 1. The van der Waals surface area contributed by atoms with Crippen LogP contribution in [0.15, 0.2) is 46.3 Å². The van der Waals surface area contributed by atoms with Crippen LogP contribution >= 0.6 is 11.8 Å². The van der Waals surface area contributed by atoms with E-state index < -0.39 is 28.7 Å². The molecule has 2 fully saturated rings. The van der Waals surface area contributed by atoms with Crippen molar-refractivity contribution in [3.63, 3.8) is 0 Å². The van der Waals surface area contributed by atoms with E-state index in [-0.39, 0.29) is 37.0 Å². The smallest absolute Gasteiger partial charge is 0.401 e. The van der Waals surface area contributed by atoms with Gasteiger partial charge in [-0.1, -0.05) is 49.6 Å². The summed E-state index contributed by atoms with van der Waals surface area (Å²) in [5, 5.41) is 2.54. The Hall–Kier alpha value is -2.55. The van der Waals surface area contributed by atoms with Crippen molar-refractivity contribution in [2.75, 3.05) is 50.7 Å². The van der Waals surface area contributed by atoms with E-state index in [4.69, 9.17) is 4.74 Å². The average Bonchev–Trinajstić information content (AvgIpc) is 3.61. The summed E-state index contributed by atoms with van der Waals surface area (Å²) in [6, 6.07) is 9.97. The van der Waals surface area contributed by atoms with E-state index in [1.54, 1.807) is 30.3 Å². The number of carbonyl (C=O) groups is 1. The summed E-state index contributed by atoms with van der Waals surface area (Å²) in [7, 11) is -2.32. The van der Waals surface area contributed by atoms with E-state index in [2.05, 4.69) is 10.4 Å². The normalized spacial score (nSPS) is 19.8. The van der Waals surface area contributed by atoms with Crippen LogP contribution in [-0.2, 0) is 14.8 Å². The molecule has 3 aliphatic rings. The standard InChI is InChI=1S/C27H34F3N5O4S2/c1-39-24-11-10-23-26(31-24)40-18-35(23)32-25(36)22(16-19-4-2-3-5-19)20-6-8-21(9-7-20)41(37,38)34-14-12-33(13-15-34)17-27(28,29)30/h6-11,19,22H,2-5,12-18H2,1H3,(H,32,36). The molecule has 14 heteroatoms. The molecule has 41 heavy (non-hydrogen) atoms. The van der Waals surface area contributed by atoms with E-state index in [0.717, 1.165) is 42.0 Å². The summed E-state index contributed by atoms with van der Waals surface area (Å²) >= 11 is 1.50. The Morgan fingerprint density at radius 1 is 1.10 bits per heavy atom. The molecule has 1 aromatic heterocycles. The van der Waals surface area contributed by atoms with Crippen molar-refractivity contribution in [3.8, 4) is 5.88 Å². The number of carbonyl (C=O) groups excluding carboxylic acids is 1. The lowest BCUT2D eigenvalue weighted by Crippen LogP contribution is -2.50. The highest BCUT2D eigenvalue weighted by Gasteiger charge is 2.35. The van der Waals surface area contributed by atoms with Crippen LogP contribution in [0.4, 0.5) is 18.9 Å². The number of pyridine rings is 1. The number of nitrogens with zero attached hydrogens (tertiary/aromatic N) is 4. The first kappa shape index (κ1) is 29.9. The monoisotopic (exact) mass is 613 g/mol. The molecule has 0 bridgehead atoms. The molecule has 224 valence electrons. The molecule has 3 heterocycles. The molecule has 1 saturated heterocycles. The van der Waals surface area contributed by atoms with Gasteiger partial charge in [0, 0.05) is 32.2 Å².